The lowest BCUT2D eigenvalue weighted by Crippen LogP contribution is -2.43. The van der Waals surface area contributed by atoms with E-state index in [1.807, 2.05) is 13.2 Å². The van der Waals surface area contributed by atoms with Gasteiger partial charge in [-0.25, -0.2) is 0 Å². The molecule has 0 aliphatic rings. The predicted molar refractivity (Wildman–Crippen MR) is 141 cm³/mol. The van der Waals surface area contributed by atoms with Crippen molar-refractivity contribution in [3.63, 3.8) is 0 Å². The van der Waals surface area contributed by atoms with Crippen molar-refractivity contribution in [2.24, 2.45) is 0 Å². The molecule has 0 saturated heterocycles. The molecule has 0 radical (unpaired) electrons. The Hall–Kier alpha value is -0.340. The number of ether oxygens (including phenoxy) is 2. The molecule has 0 N–H and O–H groups in total. The van der Waals surface area contributed by atoms with Gasteiger partial charge in [-0.05, 0) is 32.6 Å². The smallest absolute Gasteiger partial charge is 0.0914 e. The molecule has 0 saturated carbocycles. The molecular formula is C29H60O2. The van der Waals surface area contributed by atoms with Crippen molar-refractivity contribution in [2.45, 2.75) is 162 Å². The third kappa shape index (κ3) is 21.3. The SMILES string of the molecule is C=CCC.CCCCCCCCCCOC(C)(CCC)C(CCCCCCCC)OC. The predicted octanol–water partition coefficient (Wildman–Crippen LogP) is 10.1. The molecule has 2 heteroatoms. The van der Waals surface area contributed by atoms with Gasteiger partial charge in [0.15, 0.2) is 0 Å². The summed E-state index contributed by atoms with van der Waals surface area (Å²) in [5.74, 6) is 0. The zero-order chi connectivity index (χ0) is 23.6. The van der Waals surface area contributed by atoms with Crippen molar-refractivity contribution in [1.29, 1.82) is 0 Å². The average molecular weight is 441 g/mol. The highest BCUT2D eigenvalue weighted by Crippen LogP contribution is 2.28. The fourth-order valence-electron chi connectivity index (χ4n) is 4.15. The zero-order valence-corrected chi connectivity index (χ0v) is 22.6. The van der Waals surface area contributed by atoms with E-state index in [0.29, 0.717) is 0 Å². The van der Waals surface area contributed by atoms with E-state index in [-0.39, 0.29) is 11.7 Å². The summed E-state index contributed by atoms with van der Waals surface area (Å²) < 4.78 is 12.3. The average Bonchev–Trinajstić information content (AvgIpc) is 2.77. The number of hydrogen-bond donors (Lipinski definition) is 0. The summed E-state index contributed by atoms with van der Waals surface area (Å²) in [6.45, 7) is 15.5. The molecule has 0 bridgehead atoms. The Morgan fingerprint density at radius 2 is 1.16 bits per heavy atom. The molecule has 2 nitrogen and oxygen atoms in total. The monoisotopic (exact) mass is 440 g/mol. The summed E-state index contributed by atoms with van der Waals surface area (Å²) in [5.41, 5.74) is -0.117. The standard InChI is InChI=1S/C25H52O2.C4H8/c1-6-9-11-13-15-16-18-20-23-27-25(4,22-8-3)24(26-5)21-19-17-14-12-10-7-2;1-3-4-2/h24H,6-23H2,1-5H3;3H,1,4H2,2H3. The zero-order valence-electron chi connectivity index (χ0n) is 22.6. The molecule has 0 heterocycles. The molecule has 0 aromatic heterocycles. The molecule has 2 unspecified atom stereocenters. The van der Waals surface area contributed by atoms with Crippen molar-refractivity contribution >= 4 is 0 Å². The van der Waals surface area contributed by atoms with Crippen LogP contribution in [0.2, 0.25) is 0 Å². The highest BCUT2D eigenvalue weighted by molar-refractivity contribution is 4.85. The Balaban J connectivity index is 0. The van der Waals surface area contributed by atoms with E-state index in [1.165, 1.54) is 89.9 Å². The van der Waals surface area contributed by atoms with Crippen LogP contribution in [0.15, 0.2) is 12.7 Å². The molecule has 0 amide bonds. The maximum Gasteiger partial charge on any atom is 0.0914 e. The van der Waals surface area contributed by atoms with Crippen LogP contribution in [0.25, 0.3) is 0 Å². The Morgan fingerprint density at radius 3 is 1.58 bits per heavy atom. The molecular weight excluding hydrogens is 380 g/mol. The van der Waals surface area contributed by atoms with E-state index in [0.717, 1.165) is 32.3 Å². The van der Waals surface area contributed by atoms with E-state index >= 15 is 0 Å². The van der Waals surface area contributed by atoms with Crippen LogP contribution in [0.4, 0.5) is 0 Å². The Kier molecular flexibility index (Phi) is 27.5. The number of allylic oxidation sites excluding steroid dienone is 1. The maximum absolute atomic E-state index is 6.44. The molecule has 0 aliphatic carbocycles. The van der Waals surface area contributed by atoms with Gasteiger partial charge in [0.1, 0.15) is 0 Å². The van der Waals surface area contributed by atoms with Crippen molar-refractivity contribution in [1.82, 2.24) is 0 Å². The van der Waals surface area contributed by atoms with Crippen LogP contribution >= 0.6 is 0 Å². The van der Waals surface area contributed by atoms with Crippen LogP contribution in [0.5, 0.6) is 0 Å². The molecule has 0 aromatic carbocycles. The maximum atomic E-state index is 6.44. The van der Waals surface area contributed by atoms with Crippen LogP contribution < -0.4 is 0 Å². The quantitative estimate of drug-likeness (QED) is 0.123. The van der Waals surface area contributed by atoms with E-state index in [4.69, 9.17) is 9.47 Å². The highest BCUT2D eigenvalue weighted by atomic mass is 16.5. The van der Waals surface area contributed by atoms with Crippen molar-refractivity contribution in [3.05, 3.63) is 12.7 Å². The lowest BCUT2D eigenvalue weighted by Gasteiger charge is -2.37. The molecule has 2 atom stereocenters. The van der Waals surface area contributed by atoms with Gasteiger partial charge in [-0.1, -0.05) is 124 Å². The first-order chi connectivity index (χ1) is 15.1. The summed E-state index contributed by atoms with van der Waals surface area (Å²) in [7, 11) is 1.87. The fourth-order valence-corrected chi connectivity index (χ4v) is 4.15. The first-order valence-corrected chi connectivity index (χ1v) is 13.8. The van der Waals surface area contributed by atoms with E-state index in [9.17, 15) is 0 Å². The topological polar surface area (TPSA) is 18.5 Å². The molecule has 188 valence electrons. The molecule has 0 rings (SSSR count). The third-order valence-electron chi connectivity index (χ3n) is 6.25. The lowest BCUT2D eigenvalue weighted by atomic mass is 9.89. The summed E-state index contributed by atoms with van der Waals surface area (Å²) in [5, 5.41) is 0. The lowest BCUT2D eigenvalue weighted by molar-refractivity contribution is -0.133. The summed E-state index contributed by atoms with van der Waals surface area (Å²) in [6, 6.07) is 0. The van der Waals surface area contributed by atoms with Gasteiger partial charge in [-0.15, -0.1) is 6.58 Å². The van der Waals surface area contributed by atoms with Gasteiger partial charge >= 0.3 is 0 Å². The first-order valence-electron chi connectivity index (χ1n) is 13.8. The van der Waals surface area contributed by atoms with Crippen molar-refractivity contribution in [2.75, 3.05) is 13.7 Å². The van der Waals surface area contributed by atoms with Crippen LogP contribution in [0, 0.1) is 0 Å². The molecule has 0 spiro atoms. The minimum Gasteiger partial charge on any atom is -0.378 e. The van der Waals surface area contributed by atoms with Gasteiger partial charge in [-0.3, -0.25) is 0 Å². The summed E-state index contributed by atoms with van der Waals surface area (Å²) >= 11 is 0. The number of unbranched alkanes of at least 4 members (excludes halogenated alkanes) is 12. The second kappa shape index (κ2) is 25.9. The number of methoxy groups -OCH3 is 1. The van der Waals surface area contributed by atoms with E-state index < -0.39 is 0 Å². The Bertz CT molecular complexity index is 342. The van der Waals surface area contributed by atoms with Crippen LogP contribution in [-0.4, -0.2) is 25.4 Å². The second-order valence-electron chi connectivity index (χ2n) is 9.36. The van der Waals surface area contributed by atoms with Crippen LogP contribution in [-0.2, 0) is 9.47 Å². The third-order valence-corrected chi connectivity index (χ3v) is 6.25. The first kappa shape index (κ1) is 32.8. The Morgan fingerprint density at radius 1 is 0.710 bits per heavy atom. The van der Waals surface area contributed by atoms with E-state index in [2.05, 4.69) is 41.2 Å². The van der Waals surface area contributed by atoms with Gasteiger partial charge < -0.3 is 9.47 Å². The van der Waals surface area contributed by atoms with Crippen LogP contribution in [0.3, 0.4) is 0 Å². The molecule has 0 fully saturated rings. The summed E-state index contributed by atoms with van der Waals surface area (Å²) in [6.07, 6.45) is 25.5. The largest absolute Gasteiger partial charge is 0.378 e. The van der Waals surface area contributed by atoms with E-state index in [1.54, 1.807) is 0 Å². The number of hydrogen-bond acceptors (Lipinski definition) is 2. The van der Waals surface area contributed by atoms with Gasteiger partial charge in [0.2, 0.25) is 0 Å². The molecule has 0 aromatic rings. The van der Waals surface area contributed by atoms with Crippen LogP contribution in [0.1, 0.15) is 150 Å². The highest BCUT2D eigenvalue weighted by Gasteiger charge is 2.34. The minimum absolute atomic E-state index is 0.117. The van der Waals surface area contributed by atoms with Gasteiger partial charge in [0.05, 0.1) is 11.7 Å². The number of rotatable bonds is 22. The fraction of sp³-hybridized carbons (Fsp3) is 0.931. The van der Waals surface area contributed by atoms with Gasteiger partial charge in [0.25, 0.3) is 0 Å². The second-order valence-corrected chi connectivity index (χ2v) is 9.36. The normalized spacial score (nSPS) is 13.9. The minimum atomic E-state index is -0.117. The van der Waals surface area contributed by atoms with Gasteiger partial charge in [-0.2, -0.15) is 0 Å². The molecule has 31 heavy (non-hydrogen) atoms. The molecule has 0 aliphatic heterocycles. The van der Waals surface area contributed by atoms with Crippen molar-refractivity contribution < 1.29 is 9.47 Å². The Labute approximate surface area is 198 Å². The van der Waals surface area contributed by atoms with Crippen molar-refractivity contribution in [3.8, 4) is 0 Å². The summed E-state index contributed by atoms with van der Waals surface area (Å²) in [4.78, 5) is 0. The van der Waals surface area contributed by atoms with Gasteiger partial charge in [0, 0.05) is 13.7 Å².